The van der Waals surface area contributed by atoms with Gasteiger partial charge in [-0.3, -0.25) is 4.79 Å². The minimum absolute atomic E-state index is 0.106. The lowest BCUT2D eigenvalue weighted by molar-refractivity contribution is -0.137. The third-order valence-corrected chi connectivity index (χ3v) is 10.4. The molecule has 0 aliphatic carbocycles. The second kappa shape index (κ2) is 12.0. The molecule has 11 nitrogen and oxygen atoms in total. The first-order valence-corrected chi connectivity index (χ1v) is 16.1. The standard InChI is InChI=1S/C31H27F5N6O5S/c1-4-23(43)40-10-11-41(17(3)13-40)27-19-12-22(33)25(24-20(31(34,35)36)6-5-7-21(24)32)38-28(19)42(30(44)39-27)26-16(2)8-9-37-29(26)48(45,46)18-14-47-15-18/h4-9,12,17-18H,1,10-11,13-15H2,2-3H3/t17-/m0/s1. The zero-order valence-corrected chi connectivity index (χ0v) is 26.3. The number of fused-ring (bicyclic) bond motifs is 1. The van der Waals surface area contributed by atoms with E-state index in [0.717, 1.165) is 22.8 Å². The van der Waals surface area contributed by atoms with Crippen molar-refractivity contribution < 1.29 is 39.9 Å². The van der Waals surface area contributed by atoms with Gasteiger partial charge in [0.05, 0.1) is 35.4 Å². The fraction of sp³-hybridized carbons (Fsp3) is 0.323. The zero-order chi connectivity index (χ0) is 34.7. The van der Waals surface area contributed by atoms with Crippen LogP contribution >= 0.6 is 0 Å². The van der Waals surface area contributed by atoms with Gasteiger partial charge in [-0.1, -0.05) is 12.6 Å². The lowest BCUT2D eigenvalue weighted by atomic mass is 10.0. The Bertz CT molecular complexity index is 2150. The van der Waals surface area contributed by atoms with Crippen LogP contribution < -0.4 is 10.6 Å². The lowest BCUT2D eigenvalue weighted by Crippen LogP contribution is -2.54. The molecule has 4 aromatic rings. The van der Waals surface area contributed by atoms with Crippen molar-refractivity contribution >= 4 is 32.6 Å². The molecule has 3 aromatic heterocycles. The first-order valence-electron chi connectivity index (χ1n) is 14.6. The molecule has 252 valence electrons. The number of nitrogens with zero attached hydrogens (tertiary/aromatic N) is 6. The van der Waals surface area contributed by atoms with Crippen molar-refractivity contribution in [2.45, 2.75) is 36.3 Å². The Hall–Kier alpha value is -4.77. The molecule has 1 aromatic carbocycles. The second-order valence-corrected chi connectivity index (χ2v) is 13.6. The van der Waals surface area contributed by atoms with Gasteiger partial charge in [0.25, 0.3) is 0 Å². The number of sulfone groups is 1. The normalized spacial score (nSPS) is 17.4. The minimum atomic E-state index is -5.12. The fourth-order valence-electron chi connectivity index (χ4n) is 5.86. The van der Waals surface area contributed by atoms with E-state index >= 15 is 8.78 Å². The molecule has 0 spiro atoms. The number of benzene rings is 1. The lowest BCUT2D eigenvalue weighted by Gasteiger charge is -2.40. The molecule has 2 aliphatic rings. The molecule has 6 rings (SSSR count). The van der Waals surface area contributed by atoms with Gasteiger partial charge in [0.2, 0.25) is 15.7 Å². The summed E-state index contributed by atoms with van der Waals surface area (Å²) in [4.78, 5) is 41.8. The third kappa shape index (κ3) is 5.49. The summed E-state index contributed by atoms with van der Waals surface area (Å²) in [6, 6.07) is 3.78. The van der Waals surface area contributed by atoms with E-state index in [1.807, 2.05) is 0 Å². The van der Waals surface area contributed by atoms with Crippen LogP contribution in [0.1, 0.15) is 18.1 Å². The molecule has 2 aliphatic heterocycles. The van der Waals surface area contributed by atoms with Crippen molar-refractivity contribution in [3.8, 4) is 16.9 Å². The number of ether oxygens (including phenoxy) is 1. The van der Waals surface area contributed by atoms with Gasteiger partial charge in [-0.2, -0.15) is 18.2 Å². The SMILES string of the molecule is C=CC(=O)N1CCN(c2nc(=O)n(-c3c(C)ccnc3S(=O)(=O)C3COC3)c3nc(-c4c(F)cccc4C(F)(F)F)c(F)cc23)[C@@H](C)C1. The summed E-state index contributed by atoms with van der Waals surface area (Å²) in [7, 11) is -4.24. The highest BCUT2D eigenvalue weighted by Gasteiger charge is 2.40. The van der Waals surface area contributed by atoms with Gasteiger partial charge in [-0.15, -0.1) is 0 Å². The number of anilines is 1. The van der Waals surface area contributed by atoms with E-state index in [-0.39, 0.29) is 61.2 Å². The topological polar surface area (TPSA) is 128 Å². The molecule has 0 N–H and O–H groups in total. The van der Waals surface area contributed by atoms with Crippen molar-refractivity contribution in [2.75, 3.05) is 37.7 Å². The van der Waals surface area contributed by atoms with Crippen LogP contribution in [0, 0.1) is 18.6 Å². The smallest absolute Gasteiger partial charge is 0.379 e. The highest BCUT2D eigenvalue weighted by molar-refractivity contribution is 7.92. The van der Waals surface area contributed by atoms with Crippen LogP contribution in [-0.4, -0.2) is 82.9 Å². The Kier molecular flexibility index (Phi) is 8.31. The first kappa shape index (κ1) is 33.1. The zero-order valence-electron chi connectivity index (χ0n) is 25.5. The molecule has 2 fully saturated rings. The molecule has 17 heteroatoms. The molecule has 5 heterocycles. The van der Waals surface area contributed by atoms with E-state index in [2.05, 4.69) is 21.5 Å². The number of pyridine rings is 2. The highest BCUT2D eigenvalue weighted by atomic mass is 32.2. The summed E-state index contributed by atoms with van der Waals surface area (Å²) in [5.41, 5.74) is -5.49. The van der Waals surface area contributed by atoms with E-state index < -0.39 is 72.1 Å². The number of hydrogen-bond donors (Lipinski definition) is 0. The Morgan fingerprint density at radius 1 is 1.10 bits per heavy atom. The van der Waals surface area contributed by atoms with Gasteiger partial charge < -0.3 is 14.5 Å². The van der Waals surface area contributed by atoms with Crippen molar-refractivity contribution in [3.05, 3.63) is 82.4 Å². The van der Waals surface area contributed by atoms with Crippen LogP contribution in [0.3, 0.4) is 0 Å². The number of aryl methyl sites for hydroxylation is 1. The Morgan fingerprint density at radius 2 is 1.83 bits per heavy atom. The molecule has 2 saturated heterocycles. The maximum absolute atomic E-state index is 16.0. The van der Waals surface area contributed by atoms with Crippen molar-refractivity contribution in [1.82, 2.24) is 24.4 Å². The van der Waals surface area contributed by atoms with E-state index in [9.17, 15) is 31.2 Å². The van der Waals surface area contributed by atoms with Gasteiger partial charge in [0.1, 0.15) is 22.6 Å². The van der Waals surface area contributed by atoms with Crippen LogP contribution in [-0.2, 0) is 25.5 Å². The number of halogens is 5. The van der Waals surface area contributed by atoms with Crippen LogP contribution in [0.4, 0.5) is 27.8 Å². The molecule has 0 bridgehead atoms. The Labute approximate surface area is 270 Å². The predicted octanol–water partition coefficient (Wildman–Crippen LogP) is 3.84. The summed E-state index contributed by atoms with van der Waals surface area (Å²) in [5.74, 6) is -3.25. The summed E-state index contributed by atoms with van der Waals surface area (Å²) >= 11 is 0. The molecule has 0 radical (unpaired) electrons. The fourth-order valence-corrected chi connectivity index (χ4v) is 7.46. The Morgan fingerprint density at radius 3 is 2.46 bits per heavy atom. The van der Waals surface area contributed by atoms with Crippen LogP contribution in [0.25, 0.3) is 28.0 Å². The van der Waals surface area contributed by atoms with Gasteiger partial charge >= 0.3 is 11.9 Å². The van der Waals surface area contributed by atoms with E-state index in [0.29, 0.717) is 12.1 Å². The number of piperazine rings is 1. The quantitative estimate of drug-likeness (QED) is 0.219. The van der Waals surface area contributed by atoms with Gasteiger partial charge in [-0.25, -0.2) is 36.5 Å². The highest BCUT2D eigenvalue weighted by Crippen LogP contribution is 2.40. The average molecular weight is 691 g/mol. The van der Waals surface area contributed by atoms with Gasteiger partial charge in [-0.05, 0) is 49.8 Å². The maximum Gasteiger partial charge on any atom is 0.417 e. The largest absolute Gasteiger partial charge is 0.417 e. The van der Waals surface area contributed by atoms with E-state index in [1.54, 1.807) is 11.8 Å². The van der Waals surface area contributed by atoms with Gasteiger partial charge in [0, 0.05) is 31.9 Å². The summed E-state index contributed by atoms with van der Waals surface area (Å²) < 4.78 is 107. The van der Waals surface area contributed by atoms with Crippen molar-refractivity contribution in [3.63, 3.8) is 0 Å². The number of rotatable bonds is 6. The van der Waals surface area contributed by atoms with Crippen molar-refractivity contribution in [1.29, 1.82) is 0 Å². The number of aromatic nitrogens is 4. The molecule has 1 amide bonds. The maximum atomic E-state index is 16.0. The summed E-state index contributed by atoms with van der Waals surface area (Å²) in [5, 5.41) is -1.73. The molecular formula is C31H27F5N6O5S. The predicted molar refractivity (Wildman–Crippen MR) is 163 cm³/mol. The number of carbonyl (C=O) groups is 1. The van der Waals surface area contributed by atoms with E-state index in [4.69, 9.17) is 4.74 Å². The first-order chi connectivity index (χ1) is 22.6. The monoisotopic (exact) mass is 690 g/mol. The Balaban J connectivity index is 1.68. The molecule has 0 saturated carbocycles. The van der Waals surface area contributed by atoms with E-state index in [1.165, 1.54) is 24.1 Å². The molecular weight excluding hydrogens is 663 g/mol. The van der Waals surface area contributed by atoms with Crippen molar-refractivity contribution in [2.24, 2.45) is 0 Å². The van der Waals surface area contributed by atoms with Gasteiger partial charge in [0.15, 0.2) is 16.5 Å². The summed E-state index contributed by atoms with van der Waals surface area (Å²) in [6.45, 7) is 6.82. The third-order valence-electron chi connectivity index (χ3n) is 8.37. The number of amides is 1. The molecule has 0 unspecified atom stereocenters. The average Bonchev–Trinajstić information content (AvgIpc) is 2.99. The molecule has 48 heavy (non-hydrogen) atoms. The summed E-state index contributed by atoms with van der Waals surface area (Å²) in [6.07, 6.45) is -2.76. The number of alkyl halides is 3. The second-order valence-electron chi connectivity index (χ2n) is 11.4. The van der Waals surface area contributed by atoms with Crippen LogP contribution in [0.2, 0.25) is 0 Å². The molecule has 1 atom stereocenters. The number of carbonyl (C=O) groups excluding carboxylic acids is 1. The number of hydrogen-bond acceptors (Lipinski definition) is 9. The van der Waals surface area contributed by atoms with Crippen LogP contribution in [0.15, 0.2) is 59.0 Å². The van der Waals surface area contributed by atoms with Crippen LogP contribution in [0.5, 0.6) is 0 Å². The minimum Gasteiger partial charge on any atom is -0.379 e.